The molecule has 2 amide bonds. The van der Waals surface area contributed by atoms with Gasteiger partial charge >= 0.3 is 6.18 Å². The summed E-state index contributed by atoms with van der Waals surface area (Å²) >= 11 is 0. The number of halogens is 3. The second-order valence-electron chi connectivity index (χ2n) is 6.66. The van der Waals surface area contributed by atoms with Crippen LogP contribution in [0.1, 0.15) is 47.3 Å². The van der Waals surface area contributed by atoms with Gasteiger partial charge in [-0.15, -0.1) is 0 Å². The molecule has 2 aromatic carbocycles. The molecule has 0 spiro atoms. The maximum absolute atomic E-state index is 12.8. The van der Waals surface area contributed by atoms with Gasteiger partial charge in [-0.2, -0.15) is 13.2 Å². The zero-order valence-corrected chi connectivity index (χ0v) is 14.6. The summed E-state index contributed by atoms with van der Waals surface area (Å²) in [6.07, 6.45) is -2.69. The van der Waals surface area contributed by atoms with Crippen molar-refractivity contribution in [2.45, 2.75) is 32.0 Å². The quantitative estimate of drug-likeness (QED) is 0.805. The number of benzene rings is 2. The molecule has 0 bridgehead atoms. The van der Waals surface area contributed by atoms with E-state index in [1.807, 2.05) is 0 Å². The maximum atomic E-state index is 12.8. The lowest BCUT2D eigenvalue weighted by atomic mass is 10.0. The van der Waals surface area contributed by atoms with Crippen molar-refractivity contribution >= 4 is 17.5 Å². The maximum Gasteiger partial charge on any atom is 0.416 e. The second-order valence-corrected chi connectivity index (χ2v) is 6.66. The van der Waals surface area contributed by atoms with E-state index in [-0.39, 0.29) is 11.8 Å². The largest absolute Gasteiger partial charge is 0.416 e. The van der Waals surface area contributed by atoms with E-state index in [2.05, 4.69) is 10.6 Å². The van der Waals surface area contributed by atoms with Crippen molar-refractivity contribution in [3.63, 3.8) is 0 Å². The summed E-state index contributed by atoms with van der Waals surface area (Å²) in [7, 11) is 0. The zero-order chi connectivity index (χ0) is 19.6. The Morgan fingerprint density at radius 3 is 2.44 bits per heavy atom. The smallest absolute Gasteiger partial charge is 0.346 e. The van der Waals surface area contributed by atoms with Crippen LogP contribution in [0.25, 0.3) is 0 Å². The molecule has 0 aliphatic heterocycles. The number of hydrogen-bond acceptors (Lipinski definition) is 2. The van der Waals surface area contributed by atoms with Crippen molar-refractivity contribution in [3.8, 4) is 0 Å². The van der Waals surface area contributed by atoms with Crippen LogP contribution in [0.2, 0.25) is 0 Å². The third-order valence-corrected chi connectivity index (χ3v) is 4.40. The standard InChI is InChI=1S/C20H19F3N2O2/c1-12(14-4-2-6-16(10-14)20(21,22)23)24-19(27)15-5-3-7-17(11-15)25-18(26)13-8-9-13/h2-7,10-13H,8-9H2,1H3,(H,24,27)(H,25,26). The highest BCUT2D eigenvalue weighted by Crippen LogP contribution is 2.31. The van der Waals surface area contributed by atoms with Crippen LogP contribution in [0.5, 0.6) is 0 Å². The van der Waals surface area contributed by atoms with Gasteiger partial charge in [-0.3, -0.25) is 9.59 Å². The minimum Gasteiger partial charge on any atom is -0.346 e. The van der Waals surface area contributed by atoms with Gasteiger partial charge in [-0.05, 0) is 55.7 Å². The SMILES string of the molecule is CC(NC(=O)c1cccc(NC(=O)C2CC2)c1)c1cccc(C(F)(F)F)c1. The monoisotopic (exact) mass is 376 g/mol. The van der Waals surface area contributed by atoms with E-state index in [4.69, 9.17) is 0 Å². The normalized spacial score (nSPS) is 15.1. The summed E-state index contributed by atoms with van der Waals surface area (Å²) in [4.78, 5) is 24.3. The van der Waals surface area contributed by atoms with Crippen molar-refractivity contribution in [2.24, 2.45) is 5.92 Å². The molecule has 1 saturated carbocycles. The first-order valence-corrected chi connectivity index (χ1v) is 8.63. The van der Waals surface area contributed by atoms with Gasteiger partial charge in [0.15, 0.2) is 0 Å². The van der Waals surface area contributed by atoms with Crippen molar-refractivity contribution in [2.75, 3.05) is 5.32 Å². The summed E-state index contributed by atoms with van der Waals surface area (Å²) < 4.78 is 38.5. The van der Waals surface area contributed by atoms with E-state index >= 15 is 0 Å². The highest BCUT2D eigenvalue weighted by Gasteiger charge is 2.31. The van der Waals surface area contributed by atoms with Crippen LogP contribution in [0.3, 0.4) is 0 Å². The van der Waals surface area contributed by atoms with Gasteiger partial charge in [0.1, 0.15) is 0 Å². The molecule has 1 unspecified atom stereocenters. The van der Waals surface area contributed by atoms with Gasteiger partial charge in [0.05, 0.1) is 11.6 Å². The summed E-state index contributed by atoms with van der Waals surface area (Å²) in [6.45, 7) is 1.62. The number of carbonyl (C=O) groups is 2. The Morgan fingerprint density at radius 1 is 1.07 bits per heavy atom. The van der Waals surface area contributed by atoms with Gasteiger partial charge in [0, 0.05) is 17.2 Å². The lowest BCUT2D eigenvalue weighted by Gasteiger charge is -2.16. The van der Waals surface area contributed by atoms with E-state index in [9.17, 15) is 22.8 Å². The fourth-order valence-corrected chi connectivity index (χ4v) is 2.68. The molecule has 1 fully saturated rings. The minimum absolute atomic E-state index is 0.0448. The van der Waals surface area contributed by atoms with Crippen molar-refractivity contribution in [3.05, 3.63) is 65.2 Å². The molecule has 0 aromatic heterocycles. The average Bonchev–Trinajstić information content (AvgIpc) is 3.46. The molecule has 0 saturated heterocycles. The lowest BCUT2D eigenvalue weighted by molar-refractivity contribution is -0.137. The third-order valence-electron chi connectivity index (χ3n) is 4.40. The first kappa shape index (κ1) is 18.9. The van der Waals surface area contributed by atoms with E-state index in [0.717, 1.165) is 25.0 Å². The van der Waals surface area contributed by atoms with E-state index in [0.29, 0.717) is 16.8 Å². The predicted octanol–water partition coefficient (Wildman–Crippen LogP) is 4.54. The Balaban J connectivity index is 1.68. The predicted molar refractivity (Wildman–Crippen MR) is 95.1 cm³/mol. The molecule has 1 aliphatic rings. The average molecular weight is 376 g/mol. The van der Waals surface area contributed by atoms with E-state index in [1.165, 1.54) is 12.1 Å². The molecule has 27 heavy (non-hydrogen) atoms. The summed E-state index contributed by atoms with van der Waals surface area (Å²) in [5, 5.41) is 5.45. The zero-order valence-electron chi connectivity index (χ0n) is 14.6. The van der Waals surface area contributed by atoms with Gasteiger partial charge in [-0.1, -0.05) is 18.2 Å². The number of amides is 2. The first-order chi connectivity index (χ1) is 12.7. The molecule has 1 atom stereocenters. The molecular formula is C20H19F3N2O2. The molecule has 3 rings (SSSR count). The van der Waals surface area contributed by atoms with Crippen LogP contribution in [0.15, 0.2) is 48.5 Å². The third kappa shape index (κ3) is 4.87. The van der Waals surface area contributed by atoms with Crippen LogP contribution >= 0.6 is 0 Å². The van der Waals surface area contributed by atoms with Crippen LogP contribution in [0, 0.1) is 5.92 Å². The van der Waals surface area contributed by atoms with Crippen LogP contribution in [0.4, 0.5) is 18.9 Å². The Morgan fingerprint density at radius 2 is 1.78 bits per heavy atom. The van der Waals surface area contributed by atoms with Crippen molar-refractivity contribution < 1.29 is 22.8 Å². The molecule has 142 valence electrons. The fourth-order valence-electron chi connectivity index (χ4n) is 2.68. The number of hydrogen-bond donors (Lipinski definition) is 2. The Labute approximate surface area is 154 Å². The number of carbonyl (C=O) groups excluding carboxylic acids is 2. The molecule has 0 heterocycles. The number of rotatable bonds is 5. The van der Waals surface area contributed by atoms with E-state index < -0.39 is 23.7 Å². The van der Waals surface area contributed by atoms with E-state index in [1.54, 1.807) is 31.2 Å². The fraction of sp³-hybridized carbons (Fsp3) is 0.300. The topological polar surface area (TPSA) is 58.2 Å². The number of anilines is 1. The highest BCUT2D eigenvalue weighted by molar-refractivity contribution is 5.98. The van der Waals surface area contributed by atoms with Gasteiger partial charge in [-0.25, -0.2) is 0 Å². The highest BCUT2D eigenvalue weighted by atomic mass is 19.4. The minimum atomic E-state index is -4.44. The van der Waals surface area contributed by atoms with Gasteiger partial charge < -0.3 is 10.6 Å². The second kappa shape index (κ2) is 7.42. The molecule has 2 aromatic rings. The molecule has 4 nitrogen and oxygen atoms in total. The van der Waals surface area contributed by atoms with Crippen LogP contribution < -0.4 is 10.6 Å². The molecule has 7 heteroatoms. The lowest BCUT2D eigenvalue weighted by Crippen LogP contribution is -2.27. The summed E-state index contributed by atoms with van der Waals surface area (Å²) in [5.74, 6) is -0.448. The molecule has 0 radical (unpaired) electrons. The molecule has 1 aliphatic carbocycles. The molecular weight excluding hydrogens is 357 g/mol. The van der Waals surface area contributed by atoms with Gasteiger partial charge in [0.25, 0.3) is 5.91 Å². The van der Waals surface area contributed by atoms with Crippen LogP contribution in [-0.4, -0.2) is 11.8 Å². The first-order valence-electron chi connectivity index (χ1n) is 8.63. The summed E-state index contributed by atoms with van der Waals surface area (Å²) in [6, 6.07) is 10.7. The Bertz CT molecular complexity index is 860. The summed E-state index contributed by atoms with van der Waals surface area (Å²) in [5.41, 5.74) is 0.441. The number of nitrogens with one attached hydrogen (secondary N) is 2. The van der Waals surface area contributed by atoms with Crippen LogP contribution in [-0.2, 0) is 11.0 Å². The van der Waals surface area contributed by atoms with Crippen molar-refractivity contribution in [1.82, 2.24) is 5.32 Å². The Kier molecular flexibility index (Phi) is 5.21. The van der Waals surface area contributed by atoms with Gasteiger partial charge in [0.2, 0.25) is 5.91 Å². The number of alkyl halides is 3. The Hall–Kier alpha value is -2.83. The van der Waals surface area contributed by atoms with Crippen molar-refractivity contribution in [1.29, 1.82) is 0 Å². The molecule has 2 N–H and O–H groups in total.